The van der Waals surface area contributed by atoms with Crippen molar-refractivity contribution in [2.75, 3.05) is 13.2 Å². The predicted octanol–water partition coefficient (Wildman–Crippen LogP) is 17.9. The van der Waals surface area contributed by atoms with E-state index in [9.17, 15) is 14.4 Å². The summed E-state index contributed by atoms with van der Waals surface area (Å²) in [6.07, 6.45) is 58.7. The molecule has 0 saturated heterocycles. The minimum Gasteiger partial charge on any atom is -0.462 e. The van der Waals surface area contributed by atoms with Crippen molar-refractivity contribution in [1.29, 1.82) is 0 Å². The Kier molecular flexibility index (Phi) is 49.8. The summed E-state index contributed by atoms with van der Waals surface area (Å²) in [5.41, 5.74) is 0. The van der Waals surface area contributed by atoms with Gasteiger partial charge in [0.25, 0.3) is 0 Å². The van der Waals surface area contributed by atoms with Crippen LogP contribution in [-0.4, -0.2) is 37.2 Å². The van der Waals surface area contributed by atoms with Gasteiger partial charge in [-0.05, 0) is 44.9 Å². The molecule has 364 valence electrons. The first-order valence-corrected chi connectivity index (χ1v) is 27.4. The second-order valence-corrected chi connectivity index (χ2v) is 18.5. The molecule has 1 unspecified atom stereocenters. The molecule has 0 aromatic rings. The smallest absolute Gasteiger partial charge is 0.306 e. The first-order chi connectivity index (χ1) is 30.5. The highest BCUT2D eigenvalue weighted by molar-refractivity contribution is 5.71. The normalized spacial score (nSPS) is 12.1. The zero-order valence-corrected chi connectivity index (χ0v) is 41.7. The van der Waals surface area contributed by atoms with Gasteiger partial charge in [-0.1, -0.05) is 257 Å². The van der Waals surface area contributed by atoms with Crippen molar-refractivity contribution in [2.45, 2.75) is 303 Å². The van der Waals surface area contributed by atoms with E-state index < -0.39 is 6.10 Å². The van der Waals surface area contributed by atoms with Crippen molar-refractivity contribution in [1.82, 2.24) is 0 Å². The lowest BCUT2D eigenvalue weighted by molar-refractivity contribution is -0.167. The largest absolute Gasteiger partial charge is 0.462 e. The zero-order chi connectivity index (χ0) is 45.1. The Morgan fingerprint density at radius 2 is 0.565 bits per heavy atom. The Morgan fingerprint density at radius 1 is 0.323 bits per heavy atom. The molecule has 0 saturated carbocycles. The number of carbonyl (C=O) groups excluding carboxylic acids is 3. The first-order valence-electron chi connectivity index (χ1n) is 27.4. The van der Waals surface area contributed by atoms with Crippen LogP contribution in [0.5, 0.6) is 0 Å². The van der Waals surface area contributed by atoms with Gasteiger partial charge in [-0.25, -0.2) is 0 Å². The molecule has 0 aliphatic heterocycles. The summed E-state index contributed by atoms with van der Waals surface area (Å²) in [7, 11) is 0. The molecule has 0 aromatic heterocycles. The topological polar surface area (TPSA) is 78.9 Å². The highest BCUT2D eigenvalue weighted by Crippen LogP contribution is 2.16. The average Bonchev–Trinajstić information content (AvgIpc) is 3.27. The summed E-state index contributed by atoms with van der Waals surface area (Å²) in [6, 6.07) is 0. The lowest BCUT2D eigenvalue weighted by Gasteiger charge is -2.18. The standard InChI is InChI=1S/C56H104O6/c1-4-7-10-13-16-19-22-24-26-27-28-29-30-32-34-37-40-43-46-49-55(58)61-52-53(51-60-54(57)48-45-42-39-36-33-21-18-15-12-9-6-3)62-56(59)50-47-44-41-38-35-31-25-23-20-17-14-11-8-5-2/h16,19,22,24,53H,4-15,17-18,20-21,23,25-52H2,1-3H3/b19-16-,24-22-. The Labute approximate surface area is 385 Å². The van der Waals surface area contributed by atoms with Gasteiger partial charge in [0.05, 0.1) is 0 Å². The van der Waals surface area contributed by atoms with E-state index in [1.54, 1.807) is 0 Å². The summed E-state index contributed by atoms with van der Waals surface area (Å²) < 4.78 is 16.8. The first kappa shape index (κ1) is 59.9. The second-order valence-electron chi connectivity index (χ2n) is 18.5. The van der Waals surface area contributed by atoms with Crippen LogP contribution in [0.25, 0.3) is 0 Å². The van der Waals surface area contributed by atoms with Crippen LogP contribution in [0.4, 0.5) is 0 Å². The second kappa shape index (κ2) is 51.5. The van der Waals surface area contributed by atoms with Gasteiger partial charge in [-0.2, -0.15) is 0 Å². The minimum absolute atomic E-state index is 0.0669. The lowest BCUT2D eigenvalue weighted by atomic mass is 10.0. The molecule has 0 aliphatic carbocycles. The summed E-state index contributed by atoms with van der Waals surface area (Å²) in [5.74, 6) is -0.854. The van der Waals surface area contributed by atoms with Crippen molar-refractivity contribution in [3.8, 4) is 0 Å². The van der Waals surface area contributed by atoms with E-state index in [2.05, 4.69) is 45.1 Å². The van der Waals surface area contributed by atoms with Gasteiger partial charge in [0, 0.05) is 19.3 Å². The Balaban J connectivity index is 4.29. The molecule has 0 fully saturated rings. The summed E-state index contributed by atoms with van der Waals surface area (Å²) in [5, 5.41) is 0. The minimum atomic E-state index is -0.766. The van der Waals surface area contributed by atoms with Crippen LogP contribution in [0.3, 0.4) is 0 Å². The summed E-state index contributed by atoms with van der Waals surface area (Å²) in [4.78, 5) is 38.0. The fourth-order valence-electron chi connectivity index (χ4n) is 8.08. The molecule has 6 nitrogen and oxygen atoms in total. The Morgan fingerprint density at radius 3 is 0.887 bits per heavy atom. The van der Waals surface area contributed by atoms with Gasteiger partial charge in [0.2, 0.25) is 0 Å². The Hall–Kier alpha value is -2.11. The molecule has 0 rings (SSSR count). The fourth-order valence-corrected chi connectivity index (χ4v) is 8.08. The number of ether oxygens (including phenoxy) is 3. The van der Waals surface area contributed by atoms with Crippen molar-refractivity contribution in [3.05, 3.63) is 24.3 Å². The van der Waals surface area contributed by atoms with E-state index in [1.807, 2.05) is 0 Å². The van der Waals surface area contributed by atoms with Gasteiger partial charge < -0.3 is 14.2 Å². The van der Waals surface area contributed by atoms with Crippen LogP contribution in [0.1, 0.15) is 297 Å². The van der Waals surface area contributed by atoms with Crippen LogP contribution in [-0.2, 0) is 28.6 Å². The Bertz CT molecular complexity index is 1000. The highest BCUT2D eigenvalue weighted by Gasteiger charge is 2.19. The molecule has 6 heteroatoms. The van der Waals surface area contributed by atoms with Gasteiger partial charge in [-0.3, -0.25) is 14.4 Å². The van der Waals surface area contributed by atoms with Gasteiger partial charge >= 0.3 is 17.9 Å². The van der Waals surface area contributed by atoms with Crippen molar-refractivity contribution >= 4 is 17.9 Å². The number of hydrogen-bond acceptors (Lipinski definition) is 6. The maximum absolute atomic E-state index is 12.8. The molecule has 0 amide bonds. The van der Waals surface area contributed by atoms with Crippen LogP contribution < -0.4 is 0 Å². The van der Waals surface area contributed by atoms with E-state index >= 15 is 0 Å². The molecule has 0 bridgehead atoms. The van der Waals surface area contributed by atoms with Crippen LogP contribution in [0.2, 0.25) is 0 Å². The number of rotatable bonds is 50. The number of unbranched alkanes of at least 4 members (excludes halogenated alkanes) is 36. The maximum Gasteiger partial charge on any atom is 0.306 e. The lowest BCUT2D eigenvalue weighted by Crippen LogP contribution is -2.30. The molecular weight excluding hydrogens is 769 g/mol. The van der Waals surface area contributed by atoms with Crippen LogP contribution in [0, 0.1) is 0 Å². The predicted molar refractivity (Wildman–Crippen MR) is 266 cm³/mol. The van der Waals surface area contributed by atoms with Crippen molar-refractivity contribution in [2.24, 2.45) is 0 Å². The van der Waals surface area contributed by atoms with Gasteiger partial charge in [-0.15, -0.1) is 0 Å². The third-order valence-electron chi connectivity index (χ3n) is 12.2. The zero-order valence-electron chi connectivity index (χ0n) is 41.7. The SMILES string of the molecule is CCCCC/C=C\C=C/CCCCCCCCCCCCC(=O)OCC(COC(=O)CCCCCCCCCCCCC)OC(=O)CCCCCCCCCCCCCCCC. The van der Waals surface area contributed by atoms with E-state index in [-0.39, 0.29) is 31.1 Å². The molecule has 62 heavy (non-hydrogen) atoms. The van der Waals surface area contributed by atoms with Crippen LogP contribution >= 0.6 is 0 Å². The monoisotopic (exact) mass is 873 g/mol. The molecule has 0 spiro atoms. The van der Waals surface area contributed by atoms with E-state index in [1.165, 1.54) is 199 Å². The van der Waals surface area contributed by atoms with E-state index in [4.69, 9.17) is 14.2 Å². The van der Waals surface area contributed by atoms with Crippen LogP contribution in [0.15, 0.2) is 24.3 Å². The highest BCUT2D eigenvalue weighted by atomic mass is 16.6. The van der Waals surface area contributed by atoms with Gasteiger partial charge in [0.1, 0.15) is 13.2 Å². The average molecular weight is 873 g/mol. The number of hydrogen-bond donors (Lipinski definition) is 0. The van der Waals surface area contributed by atoms with Gasteiger partial charge in [0.15, 0.2) is 6.10 Å². The van der Waals surface area contributed by atoms with Crippen molar-refractivity contribution in [3.63, 3.8) is 0 Å². The quantitative estimate of drug-likeness (QED) is 0.0262. The van der Waals surface area contributed by atoms with E-state index in [0.717, 1.165) is 57.8 Å². The molecular formula is C56H104O6. The summed E-state index contributed by atoms with van der Waals surface area (Å²) >= 11 is 0. The fraction of sp³-hybridized carbons (Fsp3) is 0.875. The third-order valence-corrected chi connectivity index (χ3v) is 12.2. The molecule has 1 atom stereocenters. The molecule has 0 radical (unpaired) electrons. The van der Waals surface area contributed by atoms with Crippen molar-refractivity contribution < 1.29 is 28.6 Å². The molecule has 0 N–H and O–H groups in total. The number of esters is 3. The number of allylic oxidation sites excluding steroid dienone is 4. The van der Waals surface area contributed by atoms with E-state index in [0.29, 0.717) is 19.3 Å². The number of carbonyl (C=O) groups is 3. The summed E-state index contributed by atoms with van der Waals surface area (Å²) in [6.45, 7) is 6.64. The molecule has 0 heterocycles. The third kappa shape index (κ3) is 48.9. The molecule has 0 aromatic carbocycles. The maximum atomic E-state index is 12.8. The molecule has 0 aliphatic rings.